The Morgan fingerprint density at radius 3 is 2.15 bits per heavy atom. The molecule has 0 aromatic heterocycles. The molecule has 1 aromatic carbocycles. The Morgan fingerprint density at radius 2 is 1.61 bits per heavy atom. The Kier molecular flexibility index (Phi) is 10.1. The summed E-state index contributed by atoms with van der Waals surface area (Å²) in [4.78, 5) is 60.1. The van der Waals surface area contributed by atoms with Gasteiger partial charge in [-0.3, -0.25) is 19.2 Å². The van der Waals surface area contributed by atoms with E-state index in [0.29, 0.717) is 13.0 Å². The molecule has 0 bridgehead atoms. The van der Waals surface area contributed by atoms with Crippen molar-refractivity contribution < 1.29 is 34.2 Å². The molecule has 11 nitrogen and oxygen atoms in total. The van der Waals surface area contributed by atoms with Crippen LogP contribution in [0.5, 0.6) is 0 Å². The van der Waals surface area contributed by atoms with E-state index in [4.69, 9.17) is 10.2 Å². The molecule has 0 spiro atoms. The van der Waals surface area contributed by atoms with Crippen LogP contribution in [0.1, 0.15) is 24.8 Å². The second-order valence-electron chi connectivity index (χ2n) is 7.64. The van der Waals surface area contributed by atoms with Crippen LogP contribution in [0.2, 0.25) is 0 Å². The number of aliphatic carboxylic acids is 2. The molecule has 0 saturated carbocycles. The number of benzene rings is 1. The zero-order valence-electron chi connectivity index (χ0n) is 17.8. The molecule has 0 aliphatic carbocycles. The number of nitrogens with one attached hydrogen (secondary N) is 4. The van der Waals surface area contributed by atoms with Crippen molar-refractivity contribution in [2.75, 3.05) is 12.3 Å². The van der Waals surface area contributed by atoms with Gasteiger partial charge in [-0.05, 0) is 24.9 Å². The van der Waals surface area contributed by atoms with Crippen LogP contribution in [0.3, 0.4) is 0 Å². The van der Waals surface area contributed by atoms with Crippen molar-refractivity contribution in [3.63, 3.8) is 0 Å². The molecular weight excluding hydrogens is 452 g/mol. The summed E-state index contributed by atoms with van der Waals surface area (Å²) in [6, 6.07) is 4.69. The normalized spacial score (nSPS) is 17.9. The van der Waals surface area contributed by atoms with Crippen LogP contribution >= 0.6 is 12.6 Å². The molecule has 1 saturated heterocycles. The number of rotatable bonds is 12. The minimum absolute atomic E-state index is 0.169. The maximum absolute atomic E-state index is 13.0. The lowest BCUT2D eigenvalue weighted by Crippen LogP contribution is -2.58. The van der Waals surface area contributed by atoms with Gasteiger partial charge in [0.2, 0.25) is 17.7 Å². The monoisotopic (exact) mass is 480 g/mol. The summed E-state index contributed by atoms with van der Waals surface area (Å²) in [5.41, 5.74) is 0.789. The van der Waals surface area contributed by atoms with E-state index < -0.39 is 54.3 Å². The van der Waals surface area contributed by atoms with Gasteiger partial charge in [-0.2, -0.15) is 12.6 Å². The molecule has 33 heavy (non-hydrogen) atoms. The molecule has 3 amide bonds. The van der Waals surface area contributed by atoms with Crippen molar-refractivity contribution in [2.24, 2.45) is 0 Å². The molecule has 12 heteroatoms. The maximum atomic E-state index is 13.0. The Hall–Kier alpha value is -3.12. The van der Waals surface area contributed by atoms with Gasteiger partial charge < -0.3 is 31.5 Å². The third-order valence-electron chi connectivity index (χ3n) is 5.10. The molecule has 4 atom stereocenters. The largest absolute Gasteiger partial charge is 0.481 e. The molecule has 1 aliphatic heterocycles. The molecule has 4 unspecified atom stereocenters. The van der Waals surface area contributed by atoms with Gasteiger partial charge in [-0.25, -0.2) is 4.79 Å². The Balaban J connectivity index is 2.10. The molecule has 180 valence electrons. The smallest absolute Gasteiger partial charge is 0.326 e. The van der Waals surface area contributed by atoms with Crippen molar-refractivity contribution in [2.45, 2.75) is 49.9 Å². The van der Waals surface area contributed by atoms with Gasteiger partial charge in [0.25, 0.3) is 0 Å². The maximum Gasteiger partial charge on any atom is 0.326 e. The number of carbonyl (C=O) groups is 5. The summed E-state index contributed by atoms with van der Waals surface area (Å²) in [5, 5.41) is 28.3. The van der Waals surface area contributed by atoms with Crippen LogP contribution in [0.4, 0.5) is 0 Å². The number of thiol groups is 1. The van der Waals surface area contributed by atoms with Crippen LogP contribution in [0, 0.1) is 0 Å². The number of hydrogen-bond donors (Lipinski definition) is 7. The van der Waals surface area contributed by atoms with Crippen molar-refractivity contribution >= 4 is 42.3 Å². The van der Waals surface area contributed by atoms with Gasteiger partial charge >= 0.3 is 11.9 Å². The Morgan fingerprint density at radius 1 is 0.970 bits per heavy atom. The van der Waals surface area contributed by atoms with Crippen LogP contribution < -0.4 is 21.3 Å². The number of carboxylic acids is 2. The summed E-state index contributed by atoms with van der Waals surface area (Å²) >= 11 is 4.05. The van der Waals surface area contributed by atoms with Gasteiger partial charge in [0, 0.05) is 12.2 Å². The average Bonchev–Trinajstić information content (AvgIpc) is 3.31. The van der Waals surface area contributed by atoms with Crippen molar-refractivity contribution in [1.82, 2.24) is 21.3 Å². The molecule has 1 aromatic rings. The highest BCUT2D eigenvalue weighted by molar-refractivity contribution is 7.80. The van der Waals surface area contributed by atoms with Gasteiger partial charge in [0.1, 0.15) is 18.1 Å². The van der Waals surface area contributed by atoms with Gasteiger partial charge in [0.05, 0.1) is 12.5 Å². The van der Waals surface area contributed by atoms with Crippen LogP contribution in [0.15, 0.2) is 30.3 Å². The van der Waals surface area contributed by atoms with Gasteiger partial charge in [-0.1, -0.05) is 30.3 Å². The zero-order chi connectivity index (χ0) is 24.4. The molecule has 0 radical (unpaired) electrons. The van der Waals surface area contributed by atoms with Crippen molar-refractivity contribution in [3.8, 4) is 0 Å². The van der Waals surface area contributed by atoms with Gasteiger partial charge in [-0.15, -0.1) is 0 Å². The number of carbonyl (C=O) groups excluding carboxylic acids is 3. The van der Waals surface area contributed by atoms with E-state index in [1.54, 1.807) is 24.3 Å². The van der Waals surface area contributed by atoms with Crippen molar-refractivity contribution in [3.05, 3.63) is 35.9 Å². The molecule has 1 aliphatic rings. The fraction of sp³-hybridized carbons (Fsp3) is 0.476. The van der Waals surface area contributed by atoms with E-state index in [1.165, 1.54) is 0 Å². The average molecular weight is 481 g/mol. The predicted octanol–water partition coefficient (Wildman–Crippen LogP) is -1.08. The second-order valence-corrected chi connectivity index (χ2v) is 8.01. The van der Waals surface area contributed by atoms with Crippen LogP contribution in [0.25, 0.3) is 0 Å². The third kappa shape index (κ3) is 8.39. The molecule has 1 heterocycles. The predicted molar refractivity (Wildman–Crippen MR) is 121 cm³/mol. The SMILES string of the molecule is O=C(O)CC(NC(=O)C(CS)NC(=O)C(Cc1ccccc1)NC(=O)C1CCCN1)C(=O)O. The first-order valence-corrected chi connectivity index (χ1v) is 11.1. The van der Waals surface area contributed by atoms with E-state index in [1.807, 2.05) is 6.07 Å². The standard InChI is InChI=1S/C21H28N4O7S/c26-17(27)10-15(21(31)32)24-20(30)16(11-33)25-19(29)14(9-12-5-2-1-3-6-12)23-18(28)13-7-4-8-22-13/h1-3,5-6,13-16,22,33H,4,7-11H2,(H,23,28)(H,24,30)(H,25,29)(H,26,27)(H,31,32). The zero-order valence-corrected chi connectivity index (χ0v) is 18.7. The third-order valence-corrected chi connectivity index (χ3v) is 5.47. The lowest BCUT2D eigenvalue weighted by molar-refractivity contribution is -0.147. The Bertz CT molecular complexity index is 861. The number of hydrogen-bond acceptors (Lipinski definition) is 7. The van der Waals surface area contributed by atoms with Crippen LogP contribution in [-0.4, -0.2) is 76.3 Å². The Labute approximate surface area is 196 Å². The minimum atomic E-state index is -1.66. The fourth-order valence-corrected chi connectivity index (χ4v) is 3.61. The lowest BCUT2D eigenvalue weighted by Gasteiger charge is -2.24. The number of amides is 3. The topological polar surface area (TPSA) is 174 Å². The van der Waals surface area contributed by atoms with Crippen molar-refractivity contribution in [1.29, 1.82) is 0 Å². The first kappa shape index (κ1) is 26.1. The van der Waals surface area contributed by atoms with E-state index in [9.17, 15) is 24.0 Å². The molecule has 1 fully saturated rings. The number of carboxylic acid groups (broad SMARTS) is 2. The summed E-state index contributed by atoms with van der Waals surface area (Å²) in [7, 11) is 0. The van der Waals surface area contributed by atoms with E-state index >= 15 is 0 Å². The fourth-order valence-electron chi connectivity index (χ4n) is 3.35. The molecular formula is C21H28N4O7S. The first-order chi connectivity index (χ1) is 15.7. The summed E-state index contributed by atoms with van der Waals surface area (Å²) in [6.45, 7) is 0.705. The minimum Gasteiger partial charge on any atom is -0.481 e. The first-order valence-electron chi connectivity index (χ1n) is 10.4. The summed E-state index contributed by atoms with van der Waals surface area (Å²) < 4.78 is 0. The molecule has 6 N–H and O–H groups in total. The lowest BCUT2D eigenvalue weighted by atomic mass is 10.0. The summed E-state index contributed by atoms with van der Waals surface area (Å²) in [6.07, 6.45) is 0.835. The van der Waals surface area contributed by atoms with Crippen LogP contribution in [-0.2, 0) is 30.4 Å². The van der Waals surface area contributed by atoms with E-state index in [2.05, 4.69) is 33.9 Å². The quantitative estimate of drug-likeness (QED) is 0.185. The molecule has 2 rings (SSSR count). The highest BCUT2D eigenvalue weighted by Crippen LogP contribution is 2.08. The van der Waals surface area contributed by atoms with E-state index in [-0.39, 0.29) is 18.1 Å². The second kappa shape index (κ2) is 12.8. The van der Waals surface area contributed by atoms with E-state index in [0.717, 1.165) is 12.0 Å². The van der Waals surface area contributed by atoms with Gasteiger partial charge in [0.15, 0.2) is 0 Å². The highest BCUT2D eigenvalue weighted by atomic mass is 32.1. The summed E-state index contributed by atoms with van der Waals surface area (Å²) in [5.74, 6) is -4.97. The highest BCUT2D eigenvalue weighted by Gasteiger charge is 2.31.